The average Bonchev–Trinajstić information content (AvgIpc) is 3.38. The van der Waals surface area contributed by atoms with Crippen LogP contribution in [0.3, 0.4) is 0 Å². The number of esters is 1. The van der Waals surface area contributed by atoms with E-state index in [0.717, 1.165) is 38.5 Å². The Bertz CT molecular complexity index is 1190. The van der Waals surface area contributed by atoms with E-state index < -0.39 is 5.97 Å². The van der Waals surface area contributed by atoms with Crippen molar-refractivity contribution >= 4 is 17.3 Å². The van der Waals surface area contributed by atoms with Crippen molar-refractivity contribution in [2.75, 3.05) is 20.3 Å². The molecular weight excluding hydrogens is 414 g/mol. The highest BCUT2D eigenvalue weighted by Gasteiger charge is 2.25. The number of carbonyl (C=O) groups excluding carboxylic acids is 1. The van der Waals surface area contributed by atoms with Gasteiger partial charge in [0.1, 0.15) is 16.8 Å². The van der Waals surface area contributed by atoms with Crippen LogP contribution < -0.4 is 9.47 Å². The molecule has 31 heavy (non-hydrogen) atoms. The molecule has 6 nitrogen and oxygen atoms in total. The second-order valence-electron chi connectivity index (χ2n) is 6.88. The van der Waals surface area contributed by atoms with Crippen LogP contribution in [0.2, 0.25) is 0 Å². The highest BCUT2D eigenvalue weighted by atomic mass is 32.1. The Morgan fingerprint density at radius 3 is 2.55 bits per heavy atom. The van der Waals surface area contributed by atoms with Crippen molar-refractivity contribution in [1.29, 1.82) is 0 Å². The van der Waals surface area contributed by atoms with Crippen molar-refractivity contribution in [3.05, 3.63) is 53.3 Å². The fraction of sp³-hybridized carbons (Fsp3) is 0.250. The molecule has 2 aliphatic rings. The summed E-state index contributed by atoms with van der Waals surface area (Å²) in [4.78, 5) is 17.2. The van der Waals surface area contributed by atoms with Gasteiger partial charge in [-0.2, -0.15) is 0 Å². The van der Waals surface area contributed by atoms with Crippen LogP contribution in [0.4, 0.5) is 0 Å². The van der Waals surface area contributed by atoms with Gasteiger partial charge < -0.3 is 18.6 Å². The molecule has 4 rings (SSSR count). The summed E-state index contributed by atoms with van der Waals surface area (Å²) in [5, 5.41) is 2.85. The van der Waals surface area contributed by atoms with E-state index in [1.807, 2.05) is 50.4 Å². The lowest BCUT2D eigenvalue weighted by Gasteiger charge is -2.11. The molecule has 0 fully saturated rings. The number of aromatic nitrogens is 1. The SMILES string of the molecule is CCOc1ccc(-c2nc(-c3c(C)cc4cocc(C(=O)OC)c3-4)cs2)cc1OCC. The summed E-state index contributed by atoms with van der Waals surface area (Å²) in [7, 11) is 1.36. The minimum atomic E-state index is -0.440. The van der Waals surface area contributed by atoms with Gasteiger partial charge in [-0.1, -0.05) is 0 Å². The van der Waals surface area contributed by atoms with Crippen LogP contribution in [0.1, 0.15) is 29.8 Å². The van der Waals surface area contributed by atoms with Crippen LogP contribution in [0.15, 0.2) is 46.6 Å². The van der Waals surface area contributed by atoms with E-state index in [0.29, 0.717) is 30.3 Å². The van der Waals surface area contributed by atoms with Crippen LogP contribution in [0.5, 0.6) is 11.5 Å². The largest absolute Gasteiger partial charge is 0.490 e. The molecule has 0 spiro atoms. The monoisotopic (exact) mass is 437 g/mol. The Labute approximate surface area is 184 Å². The molecule has 1 aromatic carbocycles. The number of hydrogen-bond acceptors (Lipinski definition) is 7. The lowest BCUT2D eigenvalue weighted by atomic mass is 10.0. The smallest absolute Gasteiger partial charge is 0.341 e. The van der Waals surface area contributed by atoms with Crippen molar-refractivity contribution in [3.8, 4) is 44.5 Å². The molecule has 0 unspecified atom stereocenters. The first kappa shape index (κ1) is 20.9. The summed E-state index contributed by atoms with van der Waals surface area (Å²) in [5.41, 5.74) is 5.68. The molecule has 0 radical (unpaired) electrons. The van der Waals surface area contributed by atoms with E-state index in [-0.39, 0.29) is 0 Å². The number of rotatable bonds is 7. The van der Waals surface area contributed by atoms with E-state index in [1.54, 1.807) is 6.26 Å². The van der Waals surface area contributed by atoms with E-state index in [9.17, 15) is 4.79 Å². The fourth-order valence-corrected chi connectivity index (χ4v) is 4.44. The highest BCUT2D eigenvalue weighted by Crippen LogP contribution is 2.43. The molecule has 0 amide bonds. The topological polar surface area (TPSA) is 70.8 Å². The van der Waals surface area contributed by atoms with Gasteiger partial charge in [-0.15, -0.1) is 11.3 Å². The zero-order chi connectivity index (χ0) is 22.0. The molecule has 1 aliphatic heterocycles. The predicted molar refractivity (Wildman–Crippen MR) is 120 cm³/mol. The lowest BCUT2D eigenvalue weighted by molar-refractivity contribution is 0.0599. The van der Waals surface area contributed by atoms with Gasteiger partial charge in [-0.25, -0.2) is 9.78 Å². The molecule has 2 aromatic rings. The summed E-state index contributed by atoms with van der Waals surface area (Å²) in [6.45, 7) is 7.00. The zero-order valence-corrected chi connectivity index (χ0v) is 18.7. The Morgan fingerprint density at radius 1 is 1.03 bits per heavy atom. The van der Waals surface area contributed by atoms with Gasteiger partial charge in [0, 0.05) is 27.6 Å². The van der Waals surface area contributed by atoms with Crippen molar-refractivity contribution in [1.82, 2.24) is 4.98 Å². The number of ether oxygens (including phenoxy) is 3. The summed E-state index contributed by atoms with van der Waals surface area (Å²) in [6.07, 6.45) is 3.05. The molecule has 0 bridgehead atoms. The Balaban J connectivity index is 1.78. The van der Waals surface area contributed by atoms with Gasteiger partial charge in [0.15, 0.2) is 11.5 Å². The third-order valence-electron chi connectivity index (χ3n) is 4.91. The number of aryl methyl sites for hydroxylation is 1. The number of hydrogen-bond donors (Lipinski definition) is 0. The molecular formula is C24H23NO5S. The van der Waals surface area contributed by atoms with Crippen LogP contribution >= 0.6 is 11.3 Å². The molecule has 1 aromatic heterocycles. The quantitative estimate of drug-likeness (QED) is 0.327. The number of thiazole rings is 1. The first-order chi connectivity index (χ1) is 15.1. The standard InChI is InChI=1S/C24H23NO5S/c1-5-29-19-8-7-15(10-20(19)30-6-2)23-25-18(13-31-23)21-14(3)9-16-11-28-12-17(22(16)21)24(26)27-4/h7-13H,5-6H2,1-4H3. The fourth-order valence-electron chi connectivity index (χ4n) is 3.63. The van der Waals surface area contributed by atoms with Crippen LogP contribution in [0.25, 0.3) is 33.0 Å². The maximum absolute atomic E-state index is 12.3. The lowest BCUT2D eigenvalue weighted by Crippen LogP contribution is -2.03. The van der Waals surface area contributed by atoms with Crippen molar-refractivity contribution in [2.24, 2.45) is 0 Å². The second kappa shape index (κ2) is 8.81. The predicted octanol–water partition coefficient (Wildman–Crippen LogP) is 6.07. The first-order valence-corrected chi connectivity index (χ1v) is 10.9. The molecule has 0 saturated carbocycles. The Hall–Kier alpha value is -3.32. The molecule has 0 saturated heterocycles. The number of nitrogens with zero attached hydrogens (tertiary/aromatic N) is 1. The van der Waals surface area contributed by atoms with E-state index >= 15 is 0 Å². The molecule has 0 N–H and O–H groups in total. The number of benzene rings is 1. The average molecular weight is 438 g/mol. The van der Waals surface area contributed by atoms with E-state index in [1.165, 1.54) is 24.7 Å². The normalized spacial score (nSPS) is 11.0. The van der Waals surface area contributed by atoms with Gasteiger partial charge >= 0.3 is 5.97 Å². The molecule has 0 atom stereocenters. The first-order valence-electron chi connectivity index (χ1n) is 10.0. The number of methoxy groups -OCH3 is 1. The van der Waals surface area contributed by atoms with E-state index in [2.05, 4.69) is 0 Å². The van der Waals surface area contributed by atoms with Crippen LogP contribution in [-0.4, -0.2) is 31.3 Å². The van der Waals surface area contributed by atoms with Gasteiger partial charge in [0.05, 0.1) is 32.3 Å². The zero-order valence-electron chi connectivity index (χ0n) is 17.9. The van der Waals surface area contributed by atoms with Crippen molar-refractivity contribution < 1.29 is 23.4 Å². The Morgan fingerprint density at radius 2 is 1.81 bits per heavy atom. The van der Waals surface area contributed by atoms with Crippen LogP contribution in [-0.2, 0) is 4.74 Å². The third kappa shape index (κ3) is 3.88. The summed E-state index contributed by atoms with van der Waals surface area (Å²) in [6, 6.07) is 7.82. The second-order valence-corrected chi connectivity index (χ2v) is 7.73. The van der Waals surface area contributed by atoms with Gasteiger partial charge in [-0.3, -0.25) is 0 Å². The van der Waals surface area contributed by atoms with Gasteiger partial charge in [0.25, 0.3) is 0 Å². The molecule has 7 heteroatoms. The van der Waals surface area contributed by atoms with E-state index in [4.69, 9.17) is 23.6 Å². The number of fused-ring (bicyclic) bond motifs is 1. The van der Waals surface area contributed by atoms with Crippen molar-refractivity contribution in [3.63, 3.8) is 0 Å². The summed E-state index contributed by atoms with van der Waals surface area (Å²) >= 11 is 1.54. The summed E-state index contributed by atoms with van der Waals surface area (Å²) in [5.74, 6) is 0.974. The number of carbonyl (C=O) groups is 1. The maximum atomic E-state index is 12.3. The molecule has 2 heterocycles. The van der Waals surface area contributed by atoms with Gasteiger partial charge in [0.2, 0.25) is 0 Å². The molecule has 1 aliphatic carbocycles. The summed E-state index contributed by atoms with van der Waals surface area (Å²) < 4.78 is 21.7. The Kier molecular flexibility index (Phi) is 5.95. The van der Waals surface area contributed by atoms with Crippen molar-refractivity contribution in [2.45, 2.75) is 20.8 Å². The minimum Gasteiger partial charge on any atom is -0.490 e. The third-order valence-corrected chi connectivity index (χ3v) is 5.80. The molecule has 160 valence electrons. The maximum Gasteiger partial charge on any atom is 0.341 e. The van der Waals surface area contributed by atoms with Crippen LogP contribution in [0, 0.1) is 6.92 Å². The highest BCUT2D eigenvalue weighted by molar-refractivity contribution is 7.13. The van der Waals surface area contributed by atoms with Gasteiger partial charge in [-0.05, 0) is 50.6 Å². The minimum absolute atomic E-state index is 0.386.